The van der Waals surface area contributed by atoms with Gasteiger partial charge in [0.05, 0.1) is 33.7 Å². The first-order chi connectivity index (χ1) is 16.1. The number of H-pyrrole nitrogens is 1. The summed E-state index contributed by atoms with van der Waals surface area (Å²) in [5.74, 6) is 0.122. The number of fused-ring (bicyclic) bond motifs is 2. The SMILES string of the molecule is Cc1nn(C)c2ncnc(C(=O)N[C@H](C)c3cc(-c4nc5ccc(C(F)(F)F)cc5[nH]4)no3)c12. The highest BCUT2D eigenvalue weighted by molar-refractivity contribution is 6.04. The summed E-state index contributed by atoms with van der Waals surface area (Å²) in [6, 6.07) is 4.20. The summed E-state index contributed by atoms with van der Waals surface area (Å²) in [4.78, 5) is 28.3. The van der Waals surface area contributed by atoms with Crippen LogP contribution in [-0.2, 0) is 13.2 Å². The molecule has 34 heavy (non-hydrogen) atoms. The number of rotatable bonds is 4. The number of carbonyl (C=O) groups is 1. The second-order valence-corrected chi connectivity index (χ2v) is 7.75. The van der Waals surface area contributed by atoms with Crippen molar-refractivity contribution >= 4 is 28.0 Å². The molecule has 0 saturated heterocycles. The summed E-state index contributed by atoms with van der Waals surface area (Å²) in [6.45, 7) is 3.46. The van der Waals surface area contributed by atoms with E-state index in [0.29, 0.717) is 28.0 Å². The Hall–Kier alpha value is -4.29. The van der Waals surface area contributed by atoms with E-state index in [1.54, 1.807) is 31.6 Å². The van der Waals surface area contributed by atoms with Gasteiger partial charge in [0.1, 0.15) is 17.7 Å². The molecule has 1 amide bonds. The predicted octanol–water partition coefficient (Wildman–Crippen LogP) is 3.71. The molecule has 0 radical (unpaired) electrons. The monoisotopic (exact) mass is 470 g/mol. The summed E-state index contributed by atoms with van der Waals surface area (Å²) < 4.78 is 45.8. The van der Waals surface area contributed by atoms with Crippen molar-refractivity contribution in [2.24, 2.45) is 7.05 Å². The molecule has 0 unspecified atom stereocenters. The number of benzene rings is 1. The van der Waals surface area contributed by atoms with Crippen LogP contribution in [0.1, 0.15) is 40.5 Å². The normalized spacial score (nSPS) is 13.0. The highest BCUT2D eigenvalue weighted by atomic mass is 19.4. The molecule has 0 aliphatic rings. The van der Waals surface area contributed by atoms with E-state index in [9.17, 15) is 18.0 Å². The summed E-state index contributed by atoms with van der Waals surface area (Å²) in [5, 5.41) is 11.6. The zero-order chi connectivity index (χ0) is 24.2. The topological polar surface area (TPSA) is 127 Å². The van der Waals surface area contributed by atoms with Crippen LogP contribution in [0.4, 0.5) is 13.2 Å². The number of nitrogens with one attached hydrogen (secondary N) is 2. The van der Waals surface area contributed by atoms with Crippen molar-refractivity contribution in [1.29, 1.82) is 0 Å². The van der Waals surface area contributed by atoms with Crippen LogP contribution in [-0.4, -0.2) is 40.8 Å². The first-order valence-corrected chi connectivity index (χ1v) is 10.1. The van der Waals surface area contributed by atoms with Gasteiger partial charge in [-0.2, -0.15) is 18.3 Å². The second kappa shape index (κ2) is 7.64. The minimum atomic E-state index is -4.46. The Balaban J connectivity index is 1.38. The van der Waals surface area contributed by atoms with E-state index in [-0.39, 0.29) is 22.7 Å². The Labute approximate surface area is 189 Å². The van der Waals surface area contributed by atoms with Crippen LogP contribution in [0, 0.1) is 6.92 Å². The first kappa shape index (κ1) is 21.6. The van der Waals surface area contributed by atoms with Crippen molar-refractivity contribution in [2.75, 3.05) is 0 Å². The van der Waals surface area contributed by atoms with E-state index < -0.39 is 23.7 Å². The van der Waals surface area contributed by atoms with Crippen molar-refractivity contribution < 1.29 is 22.5 Å². The zero-order valence-corrected chi connectivity index (χ0v) is 18.1. The number of aromatic nitrogens is 7. The van der Waals surface area contributed by atoms with Gasteiger partial charge in [0.25, 0.3) is 5.91 Å². The average Bonchev–Trinajstić information content (AvgIpc) is 3.50. The predicted molar refractivity (Wildman–Crippen MR) is 114 cm³/mol. The van der Waals surface area contributed by atoms with Gasteiger partial charge >= 0.3 is 6.18 Å². The lowest BCUT2D eigenvalue weighted by Crippen LogP contribution is -2.27. The third-order valence-electron chi connectivity index (χ3n) is 5.37. The molecule has 2 N–H and O–H groups in total. The van der Waals surface area contributed by atoms with E-state index in [1.165, 1.54) is 12.4 Å². The van der Waals surface area contributed by atoms with Crippen molar-refractivity contribution in [3.63, 3.8) is 0 Å². The van der Waals surface area contributed by atoms with Crippen LogP contribution in [0.15, 0.2) is 35.1 Å². The molecular formula is C21H17F3N8O2. The number of aromatic amines is 1. The largest absolute Gasteiger partial charge is 0.416 e. The Kier molecular flexibility index (Phi) is 4.84. The molecule has 4 aromatic heterocycles. The molecular weight excluding hydrogens is 453 g/mol. The molecule has 10 nitrogen and oxygen atoms in total. The Morgan fingerprint density at radius 3 is 2.79 bits per heavy atom. The summed E-state index contributed by atoms with van der Waals surface area (Å²) >= 11 is 0. The first-order valence-electron chi connectivity index (χ1n) is 10.1. The number of aryl methyl sites for hydroxylation is 2. The fourth-order valence-electron chi connectivity index (χ4n) is 3.70. The van der Waals surface area contributed by atoms with Crippen molar-refractivity contribution in [1.82, 2.24) is 40.2 Å². The van der Waals surface area contributed by atoms with Crippen LogP contribution in [0.3, 0.4) is 0 Å². The summed E-state index contributed by atoms with van der Waals surface area (Å²) in [6.07, 6.45) is -3.17. The van der Waals surface area contributed by atoms with Crippen molar-refractivity contribution in [3.05, 3.63) is 53.3 Å². The van der Waals surface area contributed by atoms with Crippen LogP contribution in [0.2, 0.25) is 0 Å². The molecule has 1 aromatic carbocycles. The Morgan fingerprint density at radius 2 is 2.03 bits per heavy atom. The van der Waals surface area contributed by atoms with Gasteiger partial charge in [-0.3, -0.25) is 9.48 Å². The molecule has 174 valence electrons. The third kappa shape index (κ3) is 3.64. The number of halogens is 3. The quantitative estimate of drug-likeness (QED) is 0.410. The molecule has 4 heterocycles. The second-order valence-electron chi connectivity index (χ2n) is 7.75. The van der Waals surface area contributed by atoms with Gasteiger partial charge in [0.15, 0.2) is 17.2 Å². The number of imidazole rings is 1. The van der Waals surface area contributed by atoms with Gasteiger partial charge in [0, 0.05) is 13.1 Å². The smallest absolute Gasteiger partial charge is 0.358 e. The van der Waals surface area contributed by atoms with E-state index in [0.717, 1.165) is 12.1 Å². The molecule has 0 saturated carbocycles. The summed E-state index contributed by atoms with van der Waals surface area (Å²) in [7, 11) is 1.73. The molecule has 5 aromatic rings. The maximum absolute atomic E-state index is 13.0. The minimum absolute atomic E-state index is 0.181. The molecule has 0 bridgehead atoms. The van der Waals surface area contributed by atoms with E-state index in [2.05, 4.69) is 35.5 Å². The van der Waals surface area contributed by atoms with Crippen LogP contribution in [0.25, 0.3) is 33.6 Å². The van der Waals surface area contributed by atoms with Crippen molar-refractivity contribution in [3.8, 4) is 11.5 Å². The molecule has 5 rings (SSSR count). The fraction of sp³-hybridized carbons (Fsp3) is 0.238. The highest BCUT2D eigenvalue weighted by Gasteiger charge is 2.31. The Bertz CT molecular complexity index is 1550. The molecule has 0 spiro atoms. The highest BCUT2D eigenvalue weighted by Crippen LogP contribution is 2.32. The van der Waals surface area contributed by atoms with Gasteiger partial charge in [0.2, 0.25) is 0 Å². The average molecular weight is 470 g/mol. The van der Waals surface area contributed by atoms with Crippen molar-refractivity contribution in [2.45, 2.75) is 26.1 Å². The number of carbonyl (C=O) groups excluding carboxylic acids is 1. The lowest BCUT2D eigenvalue weighted by Gasteiger charge is -2.10. The number of amides is 1. The van der Waals surface area contributed by atoms with Gasteiger partial charge in [-0.05, 0) is 32.0 Å². The number of hydrogen-bond donors (Lipinski definition) is 2. The molecule has 0 aliphatic heterocycles. The minimum Gasteiger partial charge on any atom is -0.358 e. The van der Waals surface area contributed by atoms with Crippen LogP contribution >= 0.6 is 0 Å². The molecule has 1 atom stereocenters. The molecule has 0 fully saturated rings. The molecule has 13 heteroatoms. The van der Waals surface area contributed by atoms with E-state index in [4.69, 9.17) is 4.52 Å². The van der Waals surface area contributed by atoms with E-state index >= 15 is 0 Å². The van der Waals surface area contributed by atoms with Crippen LogP contribution < -0.4 is 5.32 Å². The summed E-state index contributed by atoms with van der Waals surface area (Å²) in [5.41, 5.74) is 1.41. The van der Waals surface area contributed by atoms with Gasteiger partial charge < -0.3 is 14.8 Å². The Morgan fingerprint density at radius 1 is 1.24 bits per heavy atom. The maximum atomic E-state index is 13.0. The molecule has 0 aliphatic carbocycles. The van der Waals surface area contributed by atoms with Crippen LogP contribution in [0.5, 0.6) is 0 Å². The van der Waals surface area contributed by atoms with Gasteiger partial charge in [-0.25, -0.2) is 15.0 Å². The van der Waals surface area contributed by atoms with E-state index in [1.807, 2.05) is 0 Å². The number of hydrogen-bond acceptors (Lipinski definition) is 7. The lowest BCUT2D eigenvalue weighted by molar-refractivity contribution is -0.137. The van der Waals surface area contributed by atoms with Gasteiger partial charge in [-0.1, -0.05) is 5.16 Å². The zero-order valence-electron chi connectivity index (χ0n) is 18.1. The lowest BCUT2D eigenvalue weighted by atomic mass is 10.2. The maximum Gasteiger partial charge on any atom is 0.416 e. The number of alkyl halides is 3. The fourth-order valence-corrected chi connectivity index (χ4v) is 3.70. The standard InChI is InChI=1S/C21H17F3N8O2/c1-9(27-20(33)17-16-10(2)30-32(3)19(16)26-8-25-17)15-7-14(31-34-15)18-28-12-5-4-11(21(22,23)24)6-13(12)29-18/h4-9H,1-3H3,(H,27,33)(H,28,29)/t9-/m1/s1. The van der Waals surface area contributed by atoms with Gasteiger partial charge in [-0.15, -0.1) is 0 Å². The third-order valence-corrected chi connectivity index (χ3v) is 5.37. The number of nitrogens with zero attached hydrogens (tertiary/aromatic N) is 6.